The summed E-state index contributed by atoms with van der Waals surface area (Å²) < 4.78 is 6.88. The normalized spacial score (nSPS) is 10.4. The van der Waals surface area contributed by atoms with Crippen LogP contribution in [0, 0.1) is 17.4 Å². The summed E-state index contributed by atoms with van der Waals surface area (Å²) in [4.78, 5) is 0. The van der Waals surface area contributed by atoms with Crippen molar-refractivity contribution >= 4 is 39.9 Å². The van der Waals surface area contributed by atoms with Crippen molar-refractivity contribution in [1.82, 2.24) is 0 Å². The van der Waals surface area contributed by atoms with E-state index in [0.29, 0.717) is 11.4 Å². The minimum atomic E-state index is 0.632. The van der Waals surface area contributed by atoms with Crippen molar-refractivity contribution < 1.29 is 4.74 Å². The third-order valence-electron chi connectivity index (χ3n) is 2.61. The van der Waals surface area contributed by atoms with Crippen LogP contribution in [-0.4, -0.2) is 0 Å². The highest BCUT2D eigenvalue weighted by atomic mass is 127. The summed E-state index contributed by atoms with van der Waals surface area (Å²) in [7, 11) is 0. The summed E-state index contributed by atoms with van der Waals surface area (Å²) in [6.07, 6.45) is 0. The fourth-order valence-corrected chi connectivity index (χ4v) is 2.33. The second kappa shape index (κ2) is 5.36. The summed E-state index contributed by atoms with van der Waals surface area (Å²) in [6.45, 7) is 3.92. The molecule has 0 aliphatic heterocycles. The Morgan fingerprint density at radius 2 is 1.72 bits per heavy atom. The average molecular weight is 374 g/mol. The molecule has 94 valence electrons. The van der Waals surface area contributed by atoms with Crippen molar-refractivity contribution in [1.29, 1.82) is 0 Å². The molecule has 2 aromatic rings. The number of hydrogen-bond donors (Lipinski definition) is 1. The largest absolute Gasteiger partial charge is 0.455 e. The first-order valence-corrected chi connectivity index (χ1v) is 6.92. The van der Waals surface area contributed by atoms with Crippen LogP contribution in [-0.2, 0) is 0 Å². The number of anilines is 1. The Hall–Kier alpha value is -0.940. The zero-order valence-corrected chi connectivity index (χ0v) is 13.0. The molecule has 0 fully saturated rings. The summed E-state index contributed by atoms with van der Waals surface area (Å²) in [5, 5.41) is 0.776. The quantitative estimate of drug-likeness (QED) is 0.598. The molecule has 0 aliphatic carbocycles. The molecule has 0 unspecified atom stereocenters. The van der Waals surface area contributed by atoms with Gasteiger partial charge >= 0.3 is 0 Å². The highest BCUT2D eigenvalue weighted by molar-refractivity contribution is 14.1. The minimum Gasteiger partial charge on any atom is -0.455 e. The number of benzene rings is 2. The molecule has 0 heterocycles. The Labute approximate surface area is 125 Å². The van der Waals surface area contributed by atoms with Gasteiger partial charge in [0, 0.05) is 8.59 Å². The molecule has 0 saturated heterocycles. The lowest BCUT2D eigenvalue weighted by molar-refractivity contribution is 0.484. The topological polar surface area (TPSA) is 35.2 Å². The Balaban J connectivity index is 2.34. The van der Waals surface area contributed by atoms with Gasteiger partial charge in [-0.25, -0.2) is 0 Å². The van der Waals surface area contributed by atoms with E-state index in [0.717, 1.165) is 25.5 Å². The Morgan fingerprint density at radius 1 is 1.11 bits per heavy atom. The average Bonchev–Trinajstić information content (AvgIpc) is 2.29. The molecule has 0 spiro atoms. The van der Waals surface area contributed by atoms with E-state index in [4.69, 9.17) is 22.1 Å². The van der Waals surface area contributed by atoms with Gasteiger partial charge in [0.05, 0.1) is 5.69 Å². The number of rotatable bonds is 2. The second-order valence-electron chi connectivity index (χ2n) is 4.16. The van der Waals surface area contributed by atoms with E-state index < -0.39 is 0 Å². The second-order valence-corrected chi connectivity index (χ2v) is 5.78. The van der Waals surface area contributed by atoms with E-state index in [2.05, 4.69) is 22.6 Å². The van der Waals surface area contributed by atoms with E-state index >= 15 is 0 Å². The Bertz CT molecular complexity index is 575. The highest BCUT2D eigenvalue weighted by Gasteiger charge is 2.06. The molecule has 0 amide bonds. The highest BCUT2D eigenvalue weighted by Crippen LogP contribution is 2.32. The van der Waals surface area contributed by atoms with Crippen LogP contribution >= 0.6 is 34.2 Å². The molecule has 0 aromatic heterocycles. The third kappa shape index (κ3) is 2.90. The van der Waals surface area contributed by atoms with Crippen LogP contribution in [0.25, 0.3) is 0 Å². The van der Waals surface area contributed by atoms with Gasteiger partial charge in [0.25, 0.3) is 0 Å². The van der Waals surface area contributed by atoms with Crippen molar-refractivity contribution in [2.75, 3.05) is 5.73 Å². The van der Waals surface area contributed by atoms with Gasteiger partial charge in [-0.1, -0.05) is 11.6 Å². The molecule has 0 saturated carbocycles. The van der Waals surface area contributed by atoms with Crippen molar-refractivity contribution in [3.8, 4) is 11.5 Å². The van der Waals surface area contributed by atoms with E-state index in [1.807, 2.05) is 44.2 Å². The molecule has 0 aliphatic rings. The molecule has 18 heavy (non-hydrogen) atoms. The maximum atomic E-state index is 6.12. The first-order chi connectivity index (χ1) is 8.47. The van der Waals surface area contributed by atoms with Gasteiger partial charge in [-0.2, -0.15) is 0 Å². The van der Waals surface area contributed by atoms with Gasteiger partial charge in [-0.3, -0.25) is 0 Å². The minimum absolute atomic E-state index is 0.632. The predicted molar refractivity (Wildman–Crippen MR) is 84.6 cm³/mol. The first kappa shape index (κ1) is 13.5. The van der Waals surface area contributed by atoms with Gasteiger partial charge in [0.2, 0.25) is 0 Å². The Morgan fingerprint density at radius 3 is 2.28 bits per heavy atom. The van der Waals surface area contributed by atoms with Crippen LogP contribution in [0.4, 0.5) is 5.69 Å². The predicted octanol–water partition coefficient (Wildman–Crippen LogP) is 4.94. The molecule has 2 nitrogen and oxygen atoms in total. The van der Waals surface area contributed by atoms with Gasteiger partial charge in [0.1, 0.15) is 11.5 Å². The SMILES string of the molecule is Cc1cc(Oc2ccc(I)cc2N)cc(C)c1Cl. The van der Waals surface area contributed by atoms with Crippen molar-refractivity contribution in [3.63, 3.8) is 0 Å². The number of ether oxygens (including phenoxy) is 1. The molecular formula is C14H13ClINO. The summed E-state index contributed by atoms with van der Waals surface area (Å²) in [6, 6.07) is 9.53. The molecule has 2 aromatic carbocycles. The summed E-state index contributed by atoms with van der Waals surface area (Å²) in [5.41, 5.74) is 8.54. The fraction of sp³-hybridized carbons (Fsp3) is 0.143. The van der Waals surface area contributed by atoms with Crippen LogP contribution < -0.4 is 10.5 Å². The molecule has 0 bridgehead atoms. The monoisotopic (exact) mass is 373 g/mol. The maximum absolute atomic E-state index is 6.12. The van der Waals surface area contributed by atoms with Crippen LogP contribution in [0.15, 0.2) is 30.3 Å². The van der Waals surface area contributed by atoms with Crippen molar-refractivity contribution in [3.05, 3.63) is 50.1 Å². The molecular weight excluding hydrogens is 361 g/mol. The van der Waals surface area contributed by atoms with Crippen LogP contribution in [0.3, 0.4) is 0 Å². The van der Waals surface area contributed by atoms with E-state index in [1.165, 1.54) is 0 Å². The Kier molecular flexibility index (Phi) is 4.02. The zero-order chi connectivity index (χ0) is 13.3. The molecule has 0 radical (unpaired) electrons. The van der Waals surface area contributed by atoms with E-state index in [9.17, 15) is 0 Å². The van der Waals surface area contributed by atoms with Gasteiger partial charge in [-0.15, -0.1) is 0 Å². The lowest BCUT2D eigenvalue weighted by atomic mass is 10.1. The summed E-state index contributed by atoms with van der Waals surface area (Å²) >= 11 is 8.34. The fourth-order valence-electron chi connectivity index (χ4n) is 1.70. The van der Waals surface area contributed by atoms with Crippen LogP contribution in [0.5, 0.6) is 11.5 Å². The lowest BCUT2D eigenvalue weighted by Crippen LogP contribution is -1.93. The number of halogens is 2. The maximum Gasteiger partial charge on any atom is 0.150 e. The van der Waals surface area contributed by atoms with E-state index in [-0.39, 0.29) is 0 Å². The standard InChI is InChI=1S/C14H13ClINO/c1-8-5-11(6-9(2)14(8)15)18-13-4-3-10(16)7-12(13)17/h3-7H,17H2,1-2H3. The molecule has 4 heteroatoms. The van der Waals surface area contributed by atoms with Gasteiger partial charge < -0.3 is 10.5 Å². The number of nitrogens with two attached hydrogens (primary N) is 1. The summed E-state index contributed by atoms with van der Waals surface area (Å²) in [5.74, 6) is 1.42. The molecule has 0 atom stereocenters. The van der Waals surface area contributed by atoms with Crippen molar-refractivity contribution in [2.24, 2.45) is 0 Å². The molecule has 2 N–H and O–H groups in total. The number of nitrogen functional groups attached to an aromatic ring is 1. The van der Waals surface area contributed by atoms with Crippen LogP contribution in [0.1, 0.15) is 11.1 Å². The van der Waals surface area contributed by atoms with Crippen molar-refractivity contribution in [2.45, 2.75) is 13.8 Å². The third-order valence-corrected chi connectivity index (χ3v) is 3.88. The number of hydrogen-bond acceptors (Lipinski definition) is 2. The first-order valence-electron chi connectivity index (χ1n) is 5.47. The molecule has 2 rings (SSSR count). The van der Waals surface area contributed by atoms with Gasteiger partial charge in [-0.05, 0) is 77.9 Å². The number of aryl methyl sites for hydroxylation is 2. The lowest BCUT2D eigenvalue weighted by Gasteiger charge is -2.11. The van der Waals surface area contributed by atoms with E-state index in [1.54, 1.807) is 0 Å². The smallest absolute Gasteiger partial charge is 0.150 e. The van der Waals surface area contributed by atoms with Crippen LogP contribution in [0.2, 0.25) is 5.02 Å². The zero-order valence-electron chi connectivity index (χ0n) is 10.1. The van der Waals surface area contributed by atoms with Gasteiger partial charge in [0.15, 0.2) is 0 Å².